The second-order valence-corrected chi connectivity index (χ2v) is 5.39. The summed E-state index contributed by atoms with van der Waals surface area (Å²) in [5.41, 5.74) is 0. The molecule has 0 aliphatic heterocycles. The Bertz CT molecular complexity index is 151. The fourth-order valence-corrected chi connectivity index (χ4v) is 2.39. The number of nitrogens with zero attached hydrogens (tertiary/aromatic N) is 1. The van der Waals surface area contributed by atoms with E-state index in [0.717, 1.165) is 12.6 Å². The van der Waals surface area contributed by atoms with Crippen LogP contribution in [0, 0.1) is 0 Å². The normalized spacial score (nSPS) is 13.2. The Morgan fingerprint density at radius 2 is 1.44 bits per heavy atom. The van der Waals surface area contributed by atoms with Gasteiger partial charge >= 0.3 is 0 Å². The summed E-state index contributed by atoms with van der Waals surface area (Å²) >= 11 is 0. The quantitative estimate of drug-likeness (QED) is 0.500. The summed E-state index contributed by atoms with van der Waals surface area (Å²) in [5, 5.41) is 3.61. The minimum atomic E-state index is 0.750. The minimum Gasteiger partial charge on any atom is -0.315 e. The van der Waals surface area contributed by atoms with E-state index in [4.69, 9.17) is 0 Å². The summed E-state index contributed by atoms with van der Waals surface area (Å²) in [7, 11) is 0. The SMILES string of the molecule is CCCCN(CCCC)C(CCC)CNCCC. The molecular formula is C16H36N2. The predicted molar refractivity (Wildman–Crippen MR) is 83.2 cm³/mol. The van der Waals surface area contributed by atoms with Crippen LogP contribution in [0.4, 0.5) is 0 Å². The first-order chi connectivity index (χ1) is 8.79. The monoisotopic (exact) mass is 256 g/mol. The van der Waals surface area contributed by atoms with Crippen molar-refractivity contribution in [1.82, 2.24) is 10.2 Å². The van der Waals surface area contributed by atoms with Crippen molar-refractivity contribution in [2.24, 2.45) is 0 Å². The molecule has 2 nitrogen and oxygen atoms in total. The lowest BCUT2D eigenvalue weighted by atomic mass is 10.1. The van der Waals surface area contributed by atoms with Crippen LogP contribution in [0.3, 0.4) is 0 Å². The molecule has 0 rings (SSSR count). The molecule has 1 atom stereocenters. The van der Waals surface area contributed by atoms with Gasteiger partial charge in [0, 0.05) is 12.6 Å². The molecule has 1 N–H and O–H groups in total. The van der Waals surface area contributed by atoms with Gasteiger partial charge in [-0.1, -0.05) is 47.0 Å². The molecule has 110 valence electrons. The zero-order valence-corrected chi connectivity index (χ0v) is 13.3. The van der Waals surface area contributed by atoms with E-state index < -0.39 is 0 Å². The van der Waals surface area contributed by atoms with Gasteiger partial charge in [0.05, 0.1) is 0 Å². The van der Waals surface area contributed by atoms with Crippen LogP contribution in [0.5, 0.6) is 0 Å². The lowest BCUT2D eigenvalue weighted by Crippen LogP contribution is -2.43. The number of rotatable bonds is 13. The third kappa shape index (κ3) is 8.93. The van der Waals surface area contributed by atoms with Gasteiger partial charge < -0.3 is 5.32 Å². The average Bonchev–Trinajstić information content (AvgIpc) is 2.38. The van der Waals surface area contributed by atoms with E-state index in [9.17, 15) is 0 Å². The lowest BCUT2D eigenvalue weighted by molar-refractivity contribution is 0.176. The Kier molecular flexibility index (Phi) is 13.3. The van der Waals surface area contributed by atoms with Gasteiger partial charge in [0.1, 0.15) is 0 Å². The molecule has 0 saturated heterocycles. The lowest BCUT2D eigenvalue weighted by Gasteiger charge is -2.32. The van der Waals surface area contributed by atoms with Gasteiger partial charge in [0.25, 0.3) is 0 Å². The zero-order valence-electron chi connectivity index (χ0n) is 13.3. The first-order valence-electron chi connectivity index (χ1n) is 8.24. The molecule has 0 aromatic carbocycles. The van der Waals surface area contributed by atoms with Gasteiger partial charge in [-0.25, -0.2) is 0 Å². The Balaban J connectivity index is 4.21. The predicted octanol–water partition coefficient (Wildman–Crippen LogP) is 4.06. The van der Waals surface area contributed by atoms with Crippen LogP contribution in [0.2, 0.25) is 0 Å². The van der Waals surface area contributed by atoms with Crippen molar-refractivity contribution < 1.29 is 0 Å². The van der Waals surface area contributed by atoms with Gasteiger partial charge in [-0.2, -0.15) is 0 Å². The molecule has 0 amide bonds. The Labute approximate surface area is 116 Å². The smallest absolute Gasteiger partial charge is 0.0220 e. The highest BCUT2D eigenvalue weighted by Crippen LogP contribution is 2.10. The average molecular weight is 256 g/mol. The van der Waals surface area contributed by atoms with Gasteiger partial charge in [0.15, 0.2) is 0 Å². The summed E-state index contributed by atoms with van der Waals surface area (Å²) in [4.78, 5) is 2.74. The van der Waals surface area contributed by atoms with Crippen molar-refractivity contribution in [2.75, 3.05) is 26.2 Å². The van der Waals surface area contributed by atoms with E-state index in [1.54, 1.807) is 0 Å². The molecule has 0 spiro atoms. The van der Waals surface area contributed by atoms with Crippen LogP contribution in [-0.4, -0.2) is 37.1 Å². The first-order valence-corrected chi connectivity index (χ1v) is 8.24. The van der Waals surface area contributed by atoms with Crippen LogP contribution in [-0.2, 0) is 0 Å². The fourth-order valence-electron chi connectivity index (χ4n) is 2.39. The van der Waals surface area contributed by atoms with Crippen molar-refractivity contribution >= 4 is 0 Å². The summed E-state index contributed by atoms with van der Waals surface area (Å²) in [6, 6.07) is 0.750. The van der Waals surface area contributed by atoms with E-state index >= 15 is 0 Å². The summed E-state index contributed by atoms with van der Waals surface area (Å²) in [5.74, 6) is 0. The van der Waals surface area contributed by atoms with Crippen LogP contribution >= 0.6 is 0 Å². The Hall–Kier alpha value is -0.0800. The van der Waals surface area contributed by atoms with Crippen molar-refractivity contribution in [3.05, 3.63) is 0 Å². The molecule has 0 aromatic rings. The molecule has 0 heterocycles. The fraction of sp³-hybridized carbons (Fsp3) is 1.00. The maximum Gasteiger partial charge on any atom is 0.0220 e. The second-order valence-electron chi connectivity index (χ2n) is 5.39. The van der Waals surface area contributed by atoms with Crippen molar-refractivity contribution in [2.45, 2.75) is 78.7 Å². The number of hydrogen-bond donors (Lipinski definition) is 1. The van der Waals surface area contributed by atoms with Crippen molar-refractivity contribution in [1.29, 1.82) is 0 Å². The molecular weight excluding hydrogens is 220 g/mol. The van der Waals surface area contributed by atoms with Crippen LogP contribution in [0.1, 0.15) is 72.6 Å². The molecule has 0 fully saturated rings. The maximum atomic E-state index is 3.61. The topological polar surface area (TPSA) is 15.3 Å². The molecule has 0 aromatic heterocycles. The molecule has 0 bridgehead atoms. The summed E-state index contributed by atoms with van der Waals surface area (Å²) < 4.78 is 0. The molecule has 0 aliphatic rings. The van der Waals surface area contributed by atoms with E-state index in [-0.39, 0.29) is 0 Å². The maximum absolute atomic E-state index is 3.61. The summed E-state index contributed by atoms with van der Waals surface area (Å²) in [6.07, 6.45) is 9.18. The standard InChI is InChI=1S/C16H36N2/c1-5-9-13-18(14-10-6-2)16(11-7-3)15-17-12-8-4/h16-17H,5-15H2,1-4H3. The van der Waals surface area contributed by atoms with Gasteiger partial charge in [-0.3, -0.25) is 4.90 Å². The van der Waals surface area contributed by atoms with E-state index in [1.807, 2.05) is 0 Å². The van der Waals surface area contributed by atoms with Crippen LogP contribution in [0.15, 0.2) is 0 Å². The molecule has 2 heteroatoms. The third-order valence-corrected chi connectivity index (χ3v) is 3.54. The Morgan fingerprint density at radius 3 is 1.89 bits per heavy atom. The summed E-state index contributed by atoms with van der Waals surface area (Å²) in [6.45, 7) is 14.1. The molecule has 0 radical (unpaired) electrons. The largest absolute Gasteiger partial charge is 0.315 e. The molecule has 0 aliphatic carbocycles. The molecule has 1 unspecified atom stereocenters. The van der Waals surface area contributed by atoms with Crippen molar-refractivity contribution in [3.63, 3.8) is 0 Å². The van der Waals surface area contributed by atoms with E-state index in [2.05, 4.69) is 37.9 Å². The van der Waals surface area contributed by atoms with Crippen LogP contribution < -0.4 is 5.32 Å². The zero-order chi connectivity index (χ0) is 13.6. The van der Waals surface area contributed by atoms with Gasteiger partial charge in [-0.15, -0.1) is 0 Å². The van der Waals surface area contributed by atoms with E-state index in [0.29, 0.717) is 0 Å². The third-order valence-electron chi connectivity index (χ3n) is 3.54. The first kappa shape index (κ1) is 17.9. The second kappa shape index (κ2) is 13.4. The van der Waals surface area contributed by atoms with Crippen LogP contribution in [0.25, 0.3) is 0 Å². The minimum absolute atomic E-state index is 0.750. The van der Waals surface area contributed by atoms with Gasteiger partial charge in [-0.05, 0) is 45.3 Å². The van der Waals surface area contributed by atoms with Crippen molar-refractivity contribution in [3.8, 4) is 0 Å². The molecule has 18 heavy (non-hydrogen) atoms. The van der Waals surface area contributed by atoms with Gasteiger partial charge in [0.2, 0.25) is 0 Å². The highest BCUT2D eigenvalue weighted by molar-refractivity contribution is 4.74. The highest BCUT2D eigenvalue weighted by atomic mass is 15.2. The number of hydrogen-bond acceptors (Lipinski definition) is 2. The number of unbranched alkanes of at least 4 members (excludes halogenated alkanes) is 2. The highest BCUT2D eigenvalue weighted by Gasteiger charge is 2.16. The molecule has 0 saturated carbocycles. The number of nitrogens with one attached hydrogen (secondary N) is 1. The Morgan fingerprint density at radius 1 is 0.833 bits per heavy atom. The van der Waals surface area contributed by atoms with E-state index in [1.165, 1.54) is 64.6 Å².